The van der Waals surface area contributed by atoms with Crippen molar-refractivity contribution in [2.24, 2.45) is 23.7 Å². The summed E-state index contributed by atoms with van der Waals surface area (Å²) >= 11 is 0. The van der Waals surface area contributed by atoms with Crippen molar-refractivity contribution in [3.63, 3.8) is 0 Å². The van der Waals surface area contributed by atoms with Crippen LogP contribution >= 0.6 is 0 Å². The molecular weight excluding hydrogens is 649 g/mol. The third kappa shape index (κ3) is 3.74. The van der Waals surface area contributed by atoms with Gasteiger partial charge in [0.05, 0.1) is 0 Å². The van der Waals surface area contributed by atoms with Gasteiger partial charge in [0.2, 0.25) is 0 Å². The quantitative estimate of drug-likeness (QED) is 0.159. The van der Waals surface area contributed by atoms with E-state index in [1.54, 1.807) is 11.1 Å². The summed E-state index contributed by atoms with van der Waals surface area (Å²) in [6.45, 7) is 0. The summed E-state index contributed by atoms with van der Waals surface area (Å²) in [7, 11) is 0. The van der Waals surface area contributed by atoms with E-state index in [1.165, 1.54) is 119 Å². The molecule has 9 aromatic rings. The van der Waals surface area contributed by atoms with Crippen molar-refractivity contribution in [2.75, 3.05) is 0 Å². The van der Waals surface area contributed by atoms with Crippen LogP contribution in [0.3, 0.4) is 0 Å². The van der Waals surface area contributed by atoms with E-state index < -0.39 is 0 Å². The van der Waals surface area contributed by atoms with E-state index in [0.29, 0.717) is 0 Å². The molecule has 1 spiro atoms. The predicted molar refractivity (Wildman–Crippen MR) is 228 cm³/mol. The molecule has 0 heteroatoms. The van der Waals surface area contributed by atoms with Crippen LogP contribution in [0.5, 0.6) is 0 Å². The molecule has 0 aromatic heterocycles. The number of benzene rings is 9. The molecule has 4 saturated carbocycles. The smallest absolute Gasteiger partial charge is 0.0272 e. The highest BCUT2D eigenvalue weighted by molar-refractivity contribution is 6.24. The third-order valence-corrected chi connectivity index (χ3v) is 14.8. The lowest BCUT2D eigenvalue weighted by Crippen LogP contribution is -2.55. The van der Waals surface area contributed by atoms with E-state index in [4.69, 9.17) is 0 Å². The van der Waals surface area contributed by atoms with E-state index in [-0.39, 0.29) is 5.41 Å². The summed E-state index contributed by atoms with van der Waals surface area (Å²) in [5.41, 5.74) is 11.7. The van der Waals surface area contributed by atoms with Crippen LogP contribution in [-0.4, -0.2) is 0 Å². The van der Waals surface area contributed by atoms with Crippen LogP contribution in [0.1, 0.15) is 43.2 Å². The fraction of sp³-hybridized carbons (Fsp3) is 0.185. The molecule has 0 atom stereocenters. The Labute approximate surface area is 316 Å². The first-order valence-corrected chi connectivity index (χ1v) is 20.3. The summed E-state index contributed by atoms with van der Waals surface area (Å²) in [6.07, 6.45) is 7.08. The molecule has 256 valence electrons. The van der Waals surface area contributed by atoms with Gasteiger partial charge >= 0.3 is 0 Å². The fourth-order valence-corrected chi connectivity index (χ4v) is 13.1. The van der Waals surface area contributed by atoms with Gasteiger partial charge in [-0.05, 0) is 160 Å². The van der Waals surface area contributed by atoms with Crippen LogP contribution in [0.15, 0.2) is 158 Å². The van der Waals surface area contributed by atoms with Crippen LogP contribution < -0.4 is 0 Å². The first-order chi connectivity index (χ1) is 26.8. The standard InChI is InChI=1S/C54H40/c1-3-13-40-34(10-1)12-9-19-42(40)51-45-17-7-5-15-43(45)50(44-16-6-8-18-46(44)51)37-21-20-36-23-25-49-53(47(36)31-37)52-41-14-4-2-11-35(41)22-24-48(52)54(49)38-27-32-26-33(29-38)30-39(54)28-32/h1-25,31-33,38-39H,26-30H2. The maximum atomic E-state index is 2.58. The summed E-state index contributed by atoms with van der Waals surface area (Å²) in [4.78, 5) is 0. The van der Waals surface area contributed by atoms with Crippen molar-refractivity contribution in [2.45, 2.75) is 37.5 Å². The Kier molecular flexibility index (Phi) is 5.89. The highest BCUT2D eigenvalue weighted by atomic mass is 14.6. The van der Waals surface area contributed by atoms with Gasteiger partial charge < -0.3 is 0 Å². The lowest BCUT2D eigenvalue weighted by atomic mass is 9.43. The Balaban J connectivity index is 1.12. The van der Waals surface area contributed by atoms with Gasteiger partial charge in [-0.3, -0.25) is 0 Å². The molecule has 0 radical (unpaired) electrons. The zero-order valence-electron chi connectivity index (χ0n) is 30.4. The van der Waals surface area contributed by atoms with Gasteiger partial charge in [-0.1, -0.05) is 152 Å². The molecule has 5 aliphatic carbocycles. The maximum absolute atomic E-state index is 2.58. The Morgan fingerprint density at radius 1 is 0.333 bits per heavy atom. The average Bonchev–Trinajstić information content (AvgIpc) is 3.53. The van der Waals surface area contributed by atoms with Gasteiger partial charge in [0.15, 0.2) is 0 Å². The van der Waals surface area contributed by atoms with E-state index in [2.05, 4.69) is 158 Å². The maximum Gasteiger partial charge on any atom is 0.0272 e. The minimum atomic E-state index is 0.131. The number of hydrogen-bond donors (Lipinski definition) is 0. The Morgan fingerprint density at radius 3 is 1.43 bits per heavy atom. The molecule has 54 heavy (non-hydrogen) atoms. The monoisotopic (exact) mass is 688 g/mol. The minimum absolute atomic E-state index is 0.131. The first-order valence-electron chi connectivity index (χ1n) is 20.3. The van der Waals surface area contributed by atoms with Crippen molar-refractivity contribution in [3.8, 4) is 33.4 Å². The van der Waals surface area contributed by atoms with Crippen LogP contribution in [0.25, 0.3) is 87.2 Å². The normalized spacial score (nSPS) is 23.6. The van der Waals surface area contributed by atoms with Gasteiger partial charge in [-0.2, -0.15) is 0 Å². The molecule has 0 amide bonds. The van der Waals surface area contributed by atoms with Crippen molar-refractivity contribution in [1.29, 1.82) is 0 Å². The van der Waals surface area contributed by atoms with Crippen LogP contribution in [0.4, 0.5) is 0 Å². The second kappa shape index (κ2) is 10.7. The highest BCUT2D eigenvalue weighted by Gasteiger charge is 2.61. The lowest BCUT2D eigenvalue weighted by molar-refractivity contribution is -0.0398. The molecule has 9 aromatic carbocycles. The molecule has 0 heterocycles. The van der Waals surface area contributed by atoms with Crippen LogP contribution in [-0.2, 0) is 5.41 Å². The van der Waals surface area contributed by atoms with Crippen LogP contribution in [0, 0.1) is 23.7 Å². The largest absolute Gasteiger partial charge is 0.0616 e. The lowest BCUT2D eigenvalue weighted by Gasteiger charge is -2.61. The van der Waals surface area contributed by atoms with Gasteiger partial charge in [0.1, 0.15) is 0 Å². The van der Waals surface area contributed by atoms with Crippen LogP contribution in [0.2, 0.25) is 0 Å². The summed E-state index contributed by atoms with van der Waals surface area (Å²) < 4.78 is 0. The van der Waals surface area contributed by atoms with Gasteiger partial charge in [0.25, 0.3) is 0 Å². The van der Waals surface area contributed by atoms with Crippen molar-refractivity contribution >= 4 is 53.9 Å². The molecule has 0 N–H and O–H groups in total. The Hall–Kier alpha value is -5.72. The highest BCUT2D eigenvalue weighted by Crippen LogP contribution is 2.70. The molecule has 4 fully saturated rings. The van der Waals surface area contributed by atoms with Crippen molar-refractivity contribution < 1.29 is 0 Å². The molecule has 0 unspecified atom stereocenters. The predicted octanol–water partition coefficient (Wildman–Crippen LogP) is 14.5. The van der Waals surface area contributed by atoms with E-state index >= 15 is 0 Å². The molecule has 4 bridgehead atoms. The molecule has 0 saturated heterocycles. The Morgan fingerprint density at radius 2 is 0.796 bits per heavy atom. The second-order valence-electron chi connectivity index (χ2n) is 17.2. The summed E-state index contributed by atoms with van der Waals surface area (Å²) in [6, 6.07) is 60.6. The van der Waals surface area contributed by atoms with Gasteiger partial charge in [-0.15, -0.1) is 0 Å². The molecule has 5 aliphatic rings. The molecule has 0 aliphatic heterocycles. The molecule has 14 rings (SSSR count). The van der Waals surface area contributed by atoms with Gasteiger partial charge in [0, 0.05) is 5.41 Å². The minimum Gasteiger partial charge on any atom is -0.0616 e. The second-order valence-corrected chi connectivity index (χ2v) is 17.2. The van der Waals surface area contributed by atoms with Crippen molar-refractivity contribution in [1.82, 2.24) is 0 Å². The number of fused-ring (bicyclic) bond motifs is 10. The average molecular weight is 689 g/mol. The Bertz CT molecular complexity index is 2980. The fourth-order valence-electron chi connectivity index (χ4n) is 13.1. The summed E-state index contributed by atoms with van der Waals surface area (Å²) in [5.74, 6) is 3.34. The van der Waals surface area contributed by atoms with E-state index in [9.17, 15) is 0 Å². The number of rotatable bonds is 2. The zero-order valence-corrected chi connectivity index (χ0v) is 30.4. The zero-order chi connectivity index (χ0) is 35.1. The molecule has 0 nitrogen and oxygen atoms in total. The third-order valence-electron chi connectivity index (χ3n) is 14.8. The first kappa shape index (κ1) is 29.7. The number of hydrogen-bond acceptors (Lipinski definition) is 0. The summed E-state index contributed by atoms with van der Waals surface area (Å²) in [5, 5.41) is 13.4. The van der Waals surface area contributed by atoms with Gasteiger partial charge in [-0.25, -0.2) is 0 Å². The van der Waals surface area contributed by atoms with E-state index in [0.717, 1.165) is 23.7 Å². The van der Waals surface area contributed by atoms with Crippen molar-refractivity contribution in [3.05, 3.63) is 169 Å². The SMILES string of the molecule is c1ccc2c(-c3c4ccccc4c(-c4ccc5ccc6c(c5c4)-c4c(ccc5ccccc45)C64C5CC6CC(C5)CC4C6)c4ccccc34)cccc2c1. The van der Waals surface area contributed by atoms with E-state index in [1.807, 2.05) is 0 Å². The topological polar surface area (TPSA) is 0 Å². The molecular formula is C54H40.